The van der Waals surface area contributed by atoms with Gasteiger partial charge in [-0.25, -0.2) is 13.2 Å². The Hall–Kier alpha value is -2.64. The second kappa shape index (κ2) is 9.66. The van der Waals surface area contributed by atoms with Crippen molar-refractivity contribution in [3.05, 3.63) is 57.6 Å². The van der Waals surface area contributed by atoms with Gasteiger partial charge in [0.25, 0.3) is 5.91 Å². The van der Waals surface area contributed by atoms with Gasteiger partial charge in [0.15, 0.2) is 6.61 Å². The number of carbonyl (C=O) groups is 2. The Balaban J connectivity index is 1.66. The van der Waals surface area contributed by atoms with Crippen LogP contribution in [0.3, 0.4) is 0 Å². The number of carbonyl (C=O) groups excluding carboxylic acids is 2. The third-order valence-corrected chi connectivity index (χ3v) is 7.25. The van der Waals surface area contributed by atoms with Crippen LogP contribution in [-0.4, -0.2) is 44.3 Å². The van der Waals surface area contributed by atoms with Crippen molar-refractivity contribution >= 4 is 50.8 Å². The number of anilines is 1. The first-order chi connectivity index (χ1) is 14.7. The number of nitrogens with zero attached hydrogens (tertiary/aromatic N) is 2. The lowest BCUT2D eigenvalue weighted by atomic mass is 10.2. The second-order valence-electron chi connectivity index (χ2n) is 6.69. The summed E-state index contributed by atoms with van der Waals surface area (Å²) in [5.41, 5.74) is 0.542. The van der Waals surface area contributed by atoms with Crippen LogP contribution in [0.4, 0.5) is 5.69 Å². The van der Waals surface area contributed by atoms with Crippen LogP contribution in [0.25, 0.3) is 0 Å². The quantitative estimate of drug-likeness (QED) is 0.631. The first-order valence-corrected chi connectivity index (χ1v) is 11.4. The van der Waals surface area contributed by atoms with Gasteiger partial charge in [-0.05, 0) is 49.2 Å². The van der Waals surface area contributed by atoms with E-state index in [0.29, 0.717) is 18.8 Å². The van der Waals surface area contributed by atoms with E-state index in [1.54, 1.807) is 0 Å². The zero-order chi connectivity index (χ0) is 22.6. The maximum atomic E-state index is 12.8. The van der Waals surface area contributed by atoms with Crippen molar-refractivity contribution in [2.45, 2.75) is 17.7 Å². The van der Waals surface area contributed by atoms with E-state index in [1.807, 2.05) is 6.07 Å². The molecule has 2 aromatic carbocycles. The molecule has 0 aromatic heterocycles. The molecule has 3 rings (SSSR count). The number of amides is 1. The second-order valence-corrected chi connectivity index (χ2v) is 9.41. The minimum absolute atomic E-state index is 0.00103. The molecule has 0 aliphatic carbocycles. The molecule has 2 aromatic rings. The van der Waals surface area contributed by atoms with Gasteiger partial charge in [-0.3, -0.25) is 4.79 Å². The molecule has 162 valence electrons. The Labute approximate surface area is 189 Å². The minimum atomic E-state index is -3.83. The number of halogens is 2. The molecular weight excluding hydrogens is 465 g/mol. The summed E-state index contributed by atoms with van der Waals surface area (Å²) in [5.74, 6) is -1.50. The minimum Gasteiger partial charge on any atom is -0.452 e. The Morgan fingerprint density at radius 2 is 1.81 bits per heavy atom. The van der Waals surface area contributed by atoms with Gasteiger partial charge < -0.3 is 10.1 Å². The Morgan fingerprint density at radius 3 is 2.45 bits per heavy atom. The van der Waals surface area contributed by atoms with E-state index in [2.05, 4.69) is 5.32 Å². The highest BCUT2D eigenvalue weighted by molar-refractivity contribution is 7.89. The van der Waals surface area contributed by atoms with Crippen LogP contribution in [0.2, 0.25) is 10.0 Å². The lowest BCUT2D eigenvalue weighted by Crippen LogP contribution is -2.28. The molecule has 1 fully saturated rings. The van der Waals surface area contributed by atoms with Crippen molar-refractivity contribution in [3.8, 4) is 6.07 Å². The van der Waals surface area contributed by atoms with Gasteiger partial charge in [-0.2, -0.15) is 9.57 Å². The fraction of sp³-hybridized carbons (Fsp3) is 0.250. The Morgan fingerprint density at radius 1 is 1.10 bits per heavy atom. The van der Waals surface area contributed by atoms with Gasteiger partial charge in [0, 0.05) is 18.8 Å². The first kappa shape index (κ1) is 23.0. The van der Waals surface area contributed by atoms with Gasteiger partial charge in [-0.1, -0.05) is 23.2 Å². The summed E-state index contributed by atoms with van der Waals surface area (Å²) in [4.78, 5) is 24.2. The van der Waals surface area contributed by atoms with Crippen molar-refractivity contribution < 1.29 is 22.7 Å². The van der Waals surface area contributed by atoms with Crippen LogP contribution in [0, 0.1) is 11.3 Å². The summed E-state index contributed by atoms with van der Waals surface area (Å²) in [6.07, 6.45) is 1.52. The Bertz CT molecular complexity index is 1170. The molecule has 0 spiro atoms. The zero-order valence-electron chi connectivity index (χ0n) is 16.1. The van der Waals surface area contributed by atoms with Crippen LogP contribution in [-0.2, 0) is 19.6 Å². The molecule has 0 unspecified atom stereocenters. The molecule has 1 N–H and O–H groups in total. The fourth-order valence-electron chi connectivity index (χ4n) is 2.99. The maximum Gasteiger partial charge on any atom is 0.338 e. The first-order valence-electron chi connectivity index (χ1n) is 9.18. The molecule has 0 atom stereocenters. The number of nitriles is 1. The highest BCUT2D eigenvalue weighted by atomic mass is 35.5. The van der Waals surface area contributed by atoms with Gasteiger partial charge in [0.1, 0.15) is 11.0 Å². The lowest BCUT2D eigenvalue weighted by molar-refractivity contribution is -0.119. The van der Waals surface area contributed by atoms with Crippen molar-refractivity contribution in [2.24, 2.45) is 0 Å². The van der Waals surface area contributed by atoms with Crippen LogP contribution in [0.1, 0.15) is 28.8 Å². The number of ether oxygens (including phenoxy) is 1. The Kier molecular flexibility index (Phi) is 7.18. The third-order valence-electron chi connectivity index (χ3n) is 4.56. The molecule has 1 aliphatic rings. The van der Waals surface area contributed by atoms with Gasteiger partial charge in [0.2, 0.25) is 10.0 Å². The summed E-state index contributed by atoms with van der Waals surface area (Å²) in [7, 11) is -3.83. The zero-order valence-corrected chi connectivity index (χ0v) is 18.4. The topological polar surface area (TPSA) is 117 Å². The summed E-state index contributed by atoms with van der Waals surface area (Å²) in [6.45, 7) is 0.188. The summed E-state index contributed by atoms with van der Waals surface area (Å²) >= 11 is 12.0. The summed E-state index contributed by atoms with van der Waals surface area (Å²) in [6, 6.07) is 10.0. The molecule has 11 heteroatoms. The van der Waals surface area contributed by atoms with Crippen LogP contribution in [0.5, 0.6) is 0 Å². The van der Waals surface area contributed by atoms with Crippen molar-refractivity contribution in [3.63, 3.8) is 0 Å². The molecule has 1 aliphatic heterocycles. The molecule has 1 heterocycles. The molecule has 1 saturated heterocycles. The molecular formula is C20H17Cl2N3O5S. The van der Waals surface area contributed by atoms with Gasteiger partial charge in [-0.15, -0.1) is 0 Å². The fourth-order valence-corrected chi connectivity index (χ4v) is 5.23. The number of benzene rings is 2. The summed E-state index contributed by atoms with van der Waals surface area (Å²) in [5, 5.41) is 11.5. The molecule has 0 saturated carbocycles. The van der Waals surface area contributed by atoms with Crippen LogP contribution < -0.4 is 5.32 Å². The van der Waals surface area contributed by atoms with Gasteiger partial charge in [0.05, 0.1) is 21.2 Å². The number of rotatable bonds is 6. The molecule has 1 amide bonds. The standard InChI is InChI=1S/C20H17Cl2N3O5S/c21-16-6-4-13(9-18(16)31(28,29)25-7-1-2-8-25)20(27)30-12-19(26)24-15-5-3-14(11-23)17(22)10-15/h3-6,9-10H,1-2,7-8,12H2,(H,24,26). The number of hydrogen-bond acceptors (Lipinski definition) is 6. The van der Waals surface area contributed by atoms with E-state index in [9.17, 15) is 18.0 Å². The third kappa shape index (κ3) is 5.35. The smallest absolute Gasteiger partial charge is 0.338 e. The number of esters is 1. The normalized spacial score (nSPS) is 14.1. The SMILES string of the molecule is N#Cc1ccc(NC(=O)COC(=O)c2ccc(Cl)c(S(=O)(=O)N3CCCC3)c2)cc1Cl. The monoisotopic (exact) mass is 481 g/mol. The van der Waals surface area contributed by atoms with Crippen LogP contribution in [0.15, 0.2) is 41.3 Å². The van der Waals surface area contributed by atoms with E-state index in [1.165, 1.54) is 34.6 Å². The maximum absolute atomic E-state index is 12.8. The lowest BCUT2D eigenvalue weighted by Gasteiger charge is -2.17. The van der Waals surface area contributed by atoms with E-state index < -0.39 is 28.5 Å². The van der Waals surface area contributed by atoms with Crippen molar-refractivity contribution in [2.75, 3.05) is 25.0 Å². The van der Waals surface area contributed by atoms with Crippen molar-refractivity contribution in [1.29, 1.82) is 5.26 Å². The largest absolute Gasteiger partial charge is 0.452 e. The highest BCUT2D eigenvalue weighted by Crippen LogP contribution is 2.28. The number of sulfonamides is 1. The van der Waals surface area contributed by atoms with Crippen molar-refractivity contribution in [1.82, 2.24) is 4.31 Å². The van der Waals surface area contributed by atoms with Crippen LogP contribution >= 0.6 is 23.2 Å². The molecule has 31 heavy (non-hydrogen) atoms. The average molecular weight is 482 g/mol. The number of nitrogens with one attached hydrogen (secondary N) is 1. The average Bonchev–Trinajstić information content (AvgIpc) is 3.28. The van der Waals surface area contributed by atoms with E-state index in [4.69, 9.17) is 33.2 Å². The van der Waals surface area contributed by atoms with Gasteiger partial charge >= 0.3 is 5.97 Å². The molecule has 0 radical (unpaired) electrons. The van der Waals surface area contributed by atoms with E-state index in [0.717, 1.165) is 18.9 Å². The molecule has 8 nitrogen and oxygen atoms in total. The van der Waals surface area contributed by atoms with E-state index in [-0.39, 0.29) is 26.1 Å². The highest BCUT2D eigenvalue weighted by Gasteiger charge is 2.30. The predicted octanol–water partition coefficient (Wildman–Crippen LogP) is 3.45. The number of hydrogen-bond donors (Lipinski definition) is 1. The molecule has 0 bridgehead atoms. The summed E-state index contributed by atoms with van der Waals surface area (Å²) < 4.78 is 31.8. The van der Waals surface area contributed by atoms with E-state index >= 15 is 0 Å². The predicted molar refractivity (Wildman–Crippen MR) is 115 cm³/mol.